The quantitative estimate of drug-likeness (QED) is 0.743. The van der Waals surface area contributed by atoms with Crippen molar-refractivity contribution in [2.75, 3.05) is 25.0 Å². The maximum Gasteiger partial charge on any atom is 0.249 e. The maximum atomic E-state index is 11.6. The van der Waals surface area contributed by atoms with Crippen molar-refractivity contribution in [1.29, 1.82) is 0 Å². The van der Waals surface area contributed by atoms with Crippen LogP contribution in [-0.4, -0.2) is 36.7 Å². The molecular weight excluding hydrogens is 230 g/mol. The van der Waals surface area contributed by atoms with Gasteiger partial charge in [-0.3, -0.25) is 9.78 Å². The Labute approximate surface area is 107 Å². The minimum absolute atomic E-state index is 0.0221. The van der Waals surface area contributed by atoms with E-state index in [2.05, 4.69) is 15.6 Å². The minimum atomic E-state index is -0.226. The molecule has 0 aromatic carbocycles. The van der Waals surface area contributed by atoms with Crippen molar-refractivity contribution in [2.24, 2.45) is 0 Å². The molecule has 0 aliphatic carbocycles. The minimum Gasteiger partial charge on any atom is -0.384 e. The van der Waals surface area contributed by atoms with Crippen molar-refractivity contribution in [2.45, 2.75) is 25.4 Å². The molecule has 1 saturated heterocycles. The number of aromatic nitrogens is 1. The second-order valence-electron chi connectivity index (χ2n) is 4.31. The summed E-state index contributed by atoms with van der Waals surface area (Å²) in [6.45, 7) is 2.20. The predicted molar refractivity (Wildman–Crippen MR) is 69.3 cm³/mol. The number of anilines is 1. The number of hydrogen-bond acceptors (Lipinski definition) is 4. The van der Waals surface area contributed by atoms with E-state index >= 15 is 0 Å². The van der Waals surface area contributed by atoms with E-state index in [1.807, 2.05) is 12.1 Å². The van der Waals surface area contributed by atoms with Crippen molar-refractivity contribution in [1.82, 2.24) is 10.3 Å². The molecule has 0 bridgehead atoms. The van der Waals surface area contributed by atoms with Crippen LogP contribution in [0.5, 0.6) is 0 Å². The Bertz CT molecular complexity index is 364. The van der Waals surface area contributed by atoms with E-state index in [0.29, 0.717) is 13.2 Å². The van der Waals surface area contributed by atoms with Crippen LogP contribution in [0, 0.1) is 0 Å². The van der Waals surface area contributed by atoms with Crippen LogP contribution in [0.4, 0.5) is 5.69 Å². The van der Waals surface area contributed by atoms with E-state index in [4.69, 9.17) is 4.74 Å². The Kier molecular flexibility index (Phi) is 4.96. The van der Waals surface area contributed by atoms with Crippen LogP contribution in [-0.2, 0) is 9.53 Å². The number of rotatable bonds is 6. The molecule has 2 heterocycles. The molecule has 0 radical (unpaired) electrons. The van der Waals surface area contributed by atoms with Gasteiger partial charge in [0.05, 0.1) is 5.69 Å². The van der Waals surface area contributed by atoms with Gasteiger partial charge in [-0.05, 0) is 31.4 Å². The van der Waals surface area contributed by atoms with E-state index in [1.165, 1.54) is 0 Å². The number of hydrogen-bond donors (Lipinski definition) is 2. The number of nitrogens with one attached hydrogen (secondary N) is 2. The summed E-state index contributed by atoms with van der Waals surface area (Å²) in [5.74, 6) is 0.0221. The lowest BCUT2D eigenvalue weighted by atomic mass is 10.2. The predicted octanol–water partition coefficient (Wildman–Crippen LogP) is 1.18. The second kappa shape index (κ2) is 6.96. The molecule has 18 heavy (non-hydrogen) atoms. The van der Waals surface area contributed by atoms with Gasteiger partial charge in [0.15, 0.2) is 0 Å². The van der Waals surface area contributed by atoms with Crippen LogP contribution in [0.1, 0.15) is 19.3 Å². The van der Waals surface area contributed by atoms with Crippen LogP contribution in [0.3, 0.4) is 0 Å². The molecule has 1 aliphatic rings. The molecule has 1 atom stereocenters. The summed E-state index contributed by atoms with van der Waals surface area (Å²) in [7, 11) is 0. The number of pyridine rings is 1. The second-order valence-corrected chi connectivity index (χ2v) is 4.31. The fourth-order valence-corrected chi connectivity index (χ4v) is 1.90. The van der Waals surface area contributed by atoms with Gasteiger partial charge in [-0.25, -0.2) is 0 Å². The van der Waals surface area contributed by atoms with Gasteiger partial charge in [0.2, 0.25) is 5.91 Å². The van der Waals surface area contributed by atoms with E-state index in [0.717, 1.165) is 31.5 Å². The molecule has 1 aromatic heterocycles. The van der Waals surface area contributed by atoms with Gasteiger partial charge in [-0.1, -0.05) is 0 Å². The van der Waals surface area contributed by atoms with Gasteiger partial charge in [0.25, 0.3) is 0 Å². The lowest BCUT2D eigenvalue weighted by Crippen LogP contribution is -2.35. The first-order chi connectivity index (χ1) is 8.86. The number of amides is 1. The Morgan fingerprint density at radius 3 is 3.17 bits per heavy atom. The number of ether oxygens (including phenoxy) is 1. The third kappa shape index (κ3) is 4.00. The molecule has 5 heteroatoms. The average molecular weight is 249 g/mol. The molecule has 1 aromatic rings. The fourth-order valence-electron chi connectivity index (χ4n) is 1.90. The Balaban J connectivity index is 1.54. The van der Waals surface area contributed by atoms with Gasteiger partial charge in [-0.15, -0.1) is 0 Å². The van der Waals surface area contributed by atoms with Gasteiger partial charge < -0.3 is 15.4 Å². The topological polar surface area (TPSA) is 63.2 Å². The first-order valence-corrected chi connectivity index (χ1v) is 6.39. The summed E-state index contributed by atoms with van der Waals surface area (Å²) < 4.78 is 5.31. The fraction of sp³-hybridized carbons (Fsp3) is 0.538. The lowest BCUT2D eigenvalue weighted by Gasteiger charge is -2.10. The summed E-state index contributed by atoms with van der Waals surface area (Å²) in [6.07, 6.45) is 6.02. The molecule has 0 saturated carbocycles. The molecule has 0 spiro atoms. The van der Waals surface area contributed by atoms with Crippen molar-refractivity contribution >= 4 is 11.6 Å². The van der Waals surface area contributed by atoms with Crippen molar-refractivity contribution in [3.63, 3.8) is 0 Å². The molecule has 1 aliphatic heterocycles. The Morgan fingerprint density at radius 1 is 1.50 bits per heavy atom. The van der Waals surface area contributed by atoms with Gasteiger partial charge >= 0.3 is 0 Å². The largest absolute Gasteiger partial charge is 0.384 e. The molecule has 0 unspecified atom stereocenters. The zero-order valence-electron chi connectivity index (χ0n) is 10.4. The van der Waals surface area contributed by atoms with Crippen molar-refractivity contribution < 1.29 is 9.53 Å². The smallest absolute Gasteiger partial charge is 0.249 e. The normalized spacial score (nSPS) is 18.6. The van der Waals surface area contributed by atoms with E-state index < -0.39 is 0 Å². The summed E-state index contributed by atoms with van der Waals surface area (Å²) in [6, 6.07) is 3.86. The molecule has 2 rings (SSSR count). The third-order valence-electron chi connectivity index (χ3n) is 2.87. The molecule has 1 fully saturated rings. The van der Waals surface area contributed by atoms with Crippen LogP contribution in [0.25, 0.3) is 0 Å². The van der Waals surface area contributed by atoms with Crippen LogP contribution < -0.4 is 10.6 Å². The molecule has 1 amide bonds. The number of nitrogens with zero attached hydrogens (tertiary/aromatic N) is 1. The molecular formula is C13H19N3O2. The highest BCUT2D eigenvalue weighted by Gasteiger charge is 2.22. The lowest BCUT2D eigenvalue weighted by molar-refractivity contribution is -0.130. The third-order valence-corrected chi connectivity index (χ3v) is 2.87. The van der Waals surface area contributed by atoms with Crippen molar-refractivity contribution in [3.05, 3.63) is 24.5 Å². The van der Waals surface area contributed by atoms with Crippen LogP contribution >= 0.6 is 0 Å². The molecule has 98 valence electrons. The summed E-state index contributed by atoms with van der Waals surface area (Å²) in [5.41, 5.74) is 1.00. The Hall–Kier alpha value is -1.62. The van der Waals surface area contributed by atoms with Gasteiger partial charge in [0, 0.05) is 32.1 Å². The summed E-state index contributed by atoms with van der Waals surface area (Å²) in [4.78, 5) is 15.6. The molecule has 5 nitrogen and oxygen atoms in total. The zero-order chi connectivity index (χ0) is 12.6. The zero-order valence-corrected chi connectivity index (χ0v) is 10.4. The molecule has 2 N–H and O–H groups in total. The van der Waals surface area contributed by atoms with Gasteiger partial charge in [-0.2, -0.15) is 0 Å². The average Bonchev–Trinajstić information content (AvgIpc) is 2.93. The van der Waals surface area contributed by atoms with Crippen LogP contribution in [0.2, 0.25) is 0 Å². The van der Waals surface area contributed by atoms with E-state index in [9.17, 15) is 4.79 Å². The first-order valence-electron chi connectivity index (χ1n) is 6.39. The highest BCUT2D eigenvalue weighted by atomic mass is 16.5. The van der Waals surface area contributed by atoms with E-state index in [1.54, 1.807) is 12.4 Å². The standard InChI is InChI=1S/C13H19N3O2/c17-13(12-5-2-9-18-12)16-8-3-7-15-11-4-1-6-14-10-11/h1,4,6,10,12,15H,2-3,5,7-9H2,(H,16,17)/t12-/m1/s1. The highest BCUT2D eigenvalue weighted by molar-refractivity contribution is 5.80. The Morgan fingerprint density at radius 2 is 2.44 bits per heavy atom. The SMILES string of the molecule is O=C(NCCCNc1cccnc1)[C@H]1CCCO1. The summed E-state index contributed by atoms with van der Waals surface area (Å²) >= 11 is 0. The van der Waals surface area contributed by atoms with E-state index in [-0.39, 0.29) is 12.0 Å². The summed E-state index contributed by atoms with van der Waals surface area (Å²) in [5, 5.41) is 6.13. The highest BCUT2D eigenvalue weighted by Crippen LogP contribution is 2.11. The number of carbonyl (C=O) groups excluding carboxylic acids is 1. The maximum absolute atomic E-state index is 11.6. The number of carbonyl (C=O) groups is 1. The monoisotopic (exact) mass is 249 g/mol. The van der Waals surface area contributed by atoms with Crippen molar-refractivity contribution in [3.8, 4) is 0 Å². The van der Waals surface area contributed by atoms with Crippen LogP contribution in [0.15, 0.2) is 24.5 Å². The first kappa shape index (κ1) is 12.8. The van der Waals surface area contributed by atoms with Gasteiger partial charge in [0.1, 0.15) is 6.10 Å².